The topological polar surface area (TPSA) is 60.7 Å². The fraction of sp³-hybridized carbons (Fsp3) is 0.100. The van der Waals surface area contributed by atoms with Gasteiger partial charge in [0.15, 0.2) is 4.90 Å². The Bertz CT molecular complexity index is 768. The fourth-order valence-corrected chi connectivity index (χ4v) is 4.67. The highest BCUT2D eigenvalue weighted by Gasteiger charge is 2.23. The van der Waals surface area contributed by atoms with Crippen LogP contribution in [0.3, 0.4) is 0 Å². The van der Waals surface area contributed by atoms with Crippen molar-refractivity contribution < 1.29 is 15.3 Å². The van der Waals surface area contributed by atoms with Crippen molar-refractivity contribution >= 4 is 10.9 Å². The summed E-state index contributed by atoms with van der Waals surface area (Å²) in [5.74, 6) is 2.35. The van der Waals surface area contributed by atoms with Gasteiger partial charge in [-0.05, 0) is 48.5 Å². The third kappa shape index (κ3) is 4.24. The number of hydrogen-bond acceptors (Lipinski definition) is 3. The lowest BCUT2D eigenvalue weighted by Gasteiger charge is -2.10. The van der Waals surface area contributed by atoms with Crippen LogP contribution in [-0.4, -0.2) is 15.3 Å². The SMILES string of the molecule is Oc1ccc([S+](Cc2cccc(O)c2)Cc2cccc(O)c2)cc1. The lowest BCUT2D eigenvalue weighted by atomic mass is 10.2. The molecule has 3 nitrogen and oxygen atoms in total. The van der Waals surface area contributed by atoms with Gasteiger partial charge in [-0.2, -0.15) is 0 Å². The van der Waals surface area contributed by atoms with Gasteiger partial charge >= 0.3 is 0 Å². The van der Waals surface area contributed by atoms with Crippen molar-refractivity contribution in [3.63, 3.8) is 0 Å². The second kappa shape index (κ2) is 7.32. The van der Waals surface area contributed by atoms with Crippen molar-refractivity contribution in [2.45, 2.75) is 16.4 Å². The van der Waals surface area contributed by atoms with Crippen LogP contribution in [-0.2, 0) is 22.4 Å². The molecule has 3 N–H and O–H groups in total. The molecule has 0 atom stereocenters. The third-order valence-corrected chi connectivity index (χ3v) is 5.98. The van der Waals surface area contributed by atoms with Crippen molar-refractivity contribution in [1.82, 2.24) is 0 Å². The highest BCUT2D eigenvalue weighted by Crippen LogP contribution is 2.27. The van der Waals surface area contributed by atoms with Crippen molar-refractivity contribution in [2.75, 3.05) is 0 Å². The quantitative estimate of drug-likeness (QED) is 0.611. The number of aromatic hydroxyl groups is 3. The van der Waals surface area contributed by atoms with Crippen LogP contribution in [0.25, 0.3) is 0 Å². The van der Waals surface area contributed by atoms with Gasteiger partial charge in [0.2, 0.25) is 0 Å². The molecule has 0 aromatic heterocycles. The Hall–Kier alpha value is -2.59. The van der Waals surface area contributed by atoms with Crippen molar-refractivity contribution in [3.05, 3.63) is 83.9 Å². The molecule has 122 valence electrons. The average Bonchev–Trinajstić information content (AvgIpc) is 2.55. The van der Waals surface area contributed by atoms with Gasteiger partial charge in [0, 0.05) is 22.0 Å². The van der Waals surface area contributed by atoms with Crippen LogP contribution in [0.15, 0.2) is 77.7 Å². The molecule has 3 aromatic rings. The summed E-state index contributed by atoms with van der Waals surface area (Å²) in [6.07, 6.45) is 0. The minimum absolute atomic E-state index is 0.148. The van der Waals surface area contributed by atoms with E-state index in [-0.39, 0.29) is 28.1 Å². The van der Waals surface area contributed by atoms with Gasteiger partial charge in [-0.3, -0.25) is 0 Å². The number of benzene rings is 3. The molecule has 0 fully saturated rings. The van der Waals surface area contributed by atoms with E-state index in [4.69, 9.17) is 0 Å². The first kappa shape index (κ1) is 16.3. The zero-order chi connectivity index (χ0) is 16.9. The van der Waals surface area contributed by atoms with E-state index < -0.39 is 0 Å². The van der Waals surface area contributed by atoms with E-state index in [0.29, 0.717) is 0 Å². The van der Waals surface area contributed by atoms with Gasteiger partial charge in [0.1, 0.15) is 28.8 Å². The summed E-state index contributed by atoms with van der Waals surface area (Å²) in [5.41, 5.74) is 2.12. The highest BCUT2D eigenvalue weighted by atomic mass is 32.2. The summed E-state index contributed by atoms with van der Waals surface area (Å²) in [6, 6.07) is 21.8. The summed E-state index contributed by atoms with van der Waals surface area (Å²) >= 11 is 0. The van der Waals surface area contributed by atoms with Crippen LogP contribution in [0, 0.1) is 0 Å². The molecule has 0 aliphatic carbocycles. The second-order valence-electron chi connectivity index (χ2n) is 5.62. The molecule has 24 heavy (non-hydrogen) atoms. The van der Waals surface area contributed by atoms with Crippen LogP contribution in [0.4, 0.5) is 0 Å². The molecule has 4 heteroatoms. The molecular formula is C20H19O3S+. The molecule has 3 rings (SSSR count). The van der Waals surface area contributed by atoms with Gasteiger partial charge in [-0.1, -0.05) is 24.3 Å². The summed E-state index contributed by atoms with van der Waals surface area (Å²) in [5, 5.41) is 28.9. The highest BCUT2D eigenvalue weighted by molar-refractivity contribution is 7.95. The monoisotopic (exact) mass is 339 g/mol. The zero-order valence-corrected chi connectivity index (χ0v) is 13.9. The van der Waals surface area contributed by atoms with Gasteiger partial charge in [0.25, 0.3) is 0 Å². The van der Waals surface area contributed by atoms with E-state index in [1.54, 1.807) is 36.4 Å². The van der Waals surface area contributed by atoms with E-state index in [1.807, 2.05) is 36.4 Å². The first-order valence-electron chi connectivity index (χ1n) is 7.62. The van der Waals surface area contributed by atoms with Gasteiger partial charge < -0.3 is 15.3 Å². The summed E-state index contributed by atoms with van der Waals surface area (Å²) < 4.78 is 0. The van der Waals surface area contributed by atoms with Crippen LogP contribution in [0.5, 0.6) is 17.2 Å². The molecule has 0 radical (unpaired) electrons. The van der Waals surface area contributed by atoms with Gasteiger partial charge in [-0.25, -0.2) is 0 Å². The number of rotatable bonds is 5. The predicted octanol–water partition coefficient (Wildman–Crippen LogP) is 4.18. The molecular weight excluding hydrogens is 320 g/mol. The standard InChI is InChI=1S/C20H18O3S/c21-17-7-9-20(10-8-17)24(13-15-3-1-5-18(22)11-15)14-16-4-2-6-19(23)12-16/h1-12H,13-14H2,(H2-,21,22,23)/p+1. The molecule has 0 spiro atoms. The van der Waals surface area contributed by atoms with Gasteiger partial charge in [0.05, 0.1) is 0 Å². The van der Waals surface area contributed by atoms with E-state index in [1.165, 1.54) is 0 Å². The molecule has 0 amide bonds. The zero-order valence-electron chi connectivity index (χ0n) is 13.1. The van der Waals surface area contributed by atoms with Crippen molar-refractivity contribution in [2.24, 2.45) is 0 Å². The number of phenols is 3. The van der Waals surface area contributed by atoms with E-state index in [9.17, 15) is 15.3 Å². The van der Waals surface area contributed by atoms with E-state index >= 15 is 0 Å². The maximum absolute atomic E-state index is 9.70. The average molecular weight is 339 g/mol. The molecule has 0 aliphatic rings. The maximum atomic E-state index is 9.70. The Morgan fingerprint density at radius 2 is 1.08 bits per heavy atom. The van der Waals surface area contributed by atoms with Crippen LogP contribution in [0.2, 0.25) is 0 Å². The van der Waals surface area contributed by atoms with E-state index in [2.05, 4.69) is 0 Å². The minimum atomic E-state index is -0.148. The first-order chi connectivity index (χ1) is 11.6. The summed E-state index contributed by atoms with van der Waals surface area (Å²) in [4.78, 5) is 1.14. The molecule has 0 saturated heterocycles. The van der Waals surface area contributed by atoms with E-state index in [0.717, 1.165) is 27.5 Å². The lowest BCUT2D eigenvalue weighted by Crippen LogP contribution is -2.09. The molecule has 0 unspecified atom stereocenters. The Balaban J connectivity index is 1.89. The number of phenolic OH excluding ortho intramolecular Hbond substituents is 3. The largest absolute Gasteiger partial charge is 0.508 e. The molecule has 0 saturated carbocycles. The van der Waals surface area contributed by atoms with Crippen LogP contribution >= 0.6 is 0 Å². The minimum Gasteiger partial charge on any atom is -0.508 e. The van der Waals surface area contributed by atoms with Crippen LogP contribution < -0.4 is 0 Å². The van der Waals surface area contributed by atoms with Gasteiger partial charge in [-0.15, -0.1) is 0 Å². The Kier molecular flexibility index (Phi) is 4.96. The van der Waals surface area contributed by atoms with Crippen molar-refractivity contribution in [3.8, 4) is 17.2 Å². The Labute approximate surface area is 144 Å². The summed E-state index contributed by atoms with van der Waals surface area (Å²) in [6.45, 7) is 0. The fourth-order valence-electron chi connectivity index (χ4n) is 2.55. The number of hydrogen-bond donors (Lipinski definition) is 3. The first-order valence-corrected chi connectivity index (χ1v) is 9.19. The Morgan fingerprint density at radius 3 is 1.54 bits per heavy atom. The molecule has 0 heterocycles. The third-order valence-electron chi connectivity index (χ3n) is 3.67. The predicted molar refractivity (Wildman–Crippen MR) is 97.4 cm³/mol. The molecule has 0 aliphatic heterocycles. The Morgan fingerprint density at radius 1 is 0.583 bits per heavy atom. The van der Waals surface area contributed by atoms with Crippen LogP contribution in [0.1, 0.15) is 11.1 Å². The maximum Gasteiger partial charge on any atom is 0.155 e. The lowest BCUT2D eigenvalue weighted by molar-refractivity contribution is 0.474. The van der Waals surface area contributed by atoms with Crippen molar-refractivity contribution in [1.29, 1.82) is 0 Å². The normalized spacial score (nSPS) is 10.9. The summed E-state index contributed by atoms with van der Waals surface area (Å²) in [7, 11) is -0.148. The molecule has 3 aromatic carbocycles. The molecule has 0 bridgehead atoms. The smallest absolute Gasteiger partial charge is 0.155 e. The second-order valence-corrected chi connectivity index (χ2v) is 7.65.